The Morgan fingerprint density at radius 2 is 1.89 bits per heavy atom. The molecule has 0 saturated heterocycles. The van der Waals surface area contributed by atoms with E-state index in [0.717, 1.165) is 25.9 Å². The maximum absolute atomic E-state index is 8.90. The molecule has 0 amide bonds. The molecule has 18 heavy (non-hydrogen) atoms. The zero-order valence-electron chi connectivity index (χ0n) is 10.8. The van der Waals surface area contributed by atoms with Crippen molar-refractivity contribution in [2.45, 2.75) is 26.7 Å². The van der Waals surface area contributed by atoms with E-state index >= 15 is 0 Å². The molecule has 1 heterocycles. The number of aromatic nitrogens is 3. The lowest BCUT2D eigenvalue weighted by Gasteiger charge is -2.09. The lowest BCUT2D eigenvalue weighted by Crippen LogP contribution is -2.11. The molecular formula is C11H20ClN5O. The first-order valence-corrected chi connectivity index (χ1v) is 6.53. The molecule has 0 fully saturated rings. The van der Waals surface area contributed by atoms with E-state index in [9.17, 15) is 0 Å². The van der Waals surface area contributed by atoms with E-state index in [0.29, 0.717) is 17.8 Å². The third-order valence-electron chi connectivity index (χ3n) is 2.41. The molecule has 1 unspecified atom stereocenters. The highest BCUT2D eigenvalue weighted by Gasteiger charge is 2.04. The molecule has 1 aromatic rings. The molecule has 0 spiro atoms. The van der Waals surface area contributed by atoms with E-state index in [-0.39, 0.29) is 11.9 Å². The highest BCUT2D eigenvalue weighted by molar-refractivity contribution is 6.28. The maximum atomic E-state index is 8.90. The summed E-state index contributed by atoms with van der Waals surface area (Å²) in [7, 11) is 0. The summed E-state index contributed by atoms with van der Waals surface area (Å²) in [5.74, 6) is 1.28. The number of hydrogen-bond donors (Lipinski definition) is 3. The minimum Gasteiger partial charge on any atom is -0.396 e. The first kappa shape index (κ1) is 14.9. The van der Waals surface area contributed by atoms with E-state index in [1.54, 1.807) is 0 Å². The fraction of sp³-hybridized carbons (Fsp3) is 0.727. The molecule has 1 rings (SSSR count). The zero-order chi connectivity index (χ0) is 13.4. The van der Waals surface area contributed by atoms with Crippen molar-refractivity contribution >= 4 is 23.5 Å². The highest BCUT2D eigenvalue weighted by Crippen LogP contribution is 2.10. The van der Waals surface area contributed by atoms with Crippen LogP contribution in [-0.4, -0.2) is 39.8 Å². The summed E-state index contributed by atoms with van der Waals surface area (Å²) in [6.45, 7) is 5.68. The van der Waals surface area contributed by atoms with E-state index in [1.807, 2.05) is 13.8 Å². The van der Waals surface area contributed by atoms with Crippen molar-refractivity contribution in [3.63, 3.8) is 0 Å². The van der Waals surface area contributed by atoms with Crippen LogP contribution in [0.4, 0.5) is 11.9 Å². The van der Waals surface area contributed by atoms with Crippen LogP contribution in [0, 0.1) is 5.92 Å². The van der Waals surface area contributed by atoms with Gasteiger partial charge in [-0.05, 0) is 37.3 Å². The maximum Gasteiger partial charge on any atom is 0.228 e. The molecule has 0 aliphatic heterocycles. The number of nitrogens with one attached hydrogen (secondary N) is 2. The van der Waals surface area contributed by atoms with E-state index in [4.69, 9.17) is 16.7 Å². The summed E-state index contributed by atoms with van der Waals surface area (Å²) in [6.07, 6.45) is 1.91. The lowest BCUT2D eigenvalue weighted by molar-refractivity contribution is 0.229. The smallest absolute Gasteiger partial charge is 0.228 e. The second kappa shape index (κ2) is 8.05. The Hall–Kier alpha value is -1.14. The Morgan fingerprint density at radius 1 is 1.22 bits per heavy atom. The molecule has 0 radical (unpaired) electrons. The van der Waals surface area contributed by atoms with Gasteiger partial charge in [0.05, 0.1) is 0 Å². The molecular weight excluding hydrogens is 254 g/mol. The average Bonchev–Trinajstić information content (AvgIpc) is 2.34. The van der Waals surface area contributed by atoms with Crippen LogP contribution in [0.5, 0.6) is 0 Å². The first-order valence-electron chi connectivity index (χ1n) is 6.15. The van der Waals surface area contributed by atoms with Crippen molar-refractivity contribution in [3.05, 3.63) is 5.28 Å². The standard InChI is InChI=1S/C11H20ClN5O/c1-3-13-10-15-9(12)16-11(17-10)14-6-4-5-8(2)7-18/h8,18H,3-7H2,1-2H3,(H2,13,14,15,16,17). The zero-order valence-corrected chi connectivity index (χ0v) is 11.5. The van der Waals surface area contributed by atoms with Crippen molar-refractivity contribution in [3.8, 4) is 0 Å². The van der Waals surface area contributed by atoms with Crippen molar-refractivity contribution in [2.24, 2.45) is 5.92 Å². The number of anilines is 2. The Labute approximate surface area is 112 Å². The van der Waals surface area contributed by atoms with Crippen LogP contribution in [0.3, 0.4) is 0 Å². The summed E-state index contributed by atoms with van der Waals surface area (Å²) in [6, 6.07) is 0. The van der Waals surface area contributed by atoms with E-state index in [1.165, 1.54) is 0 Å². The van der Waals surface area contributed by atoms with Gasteiger partial charge in [0.1, 0.15) is 0 Å². The second-order valence-corrected chi connectivity index (χ2v) is 4.48. The summed E-state index contributed by atoms with van der Waals surface area (Å²) >= 11 is 5.80. The normalized spacial score (nSPS) is 12.2. The van der Waals surface area contributed by atoms with Crippen LogP contribution in [-0.2, 0) is 0 Å². The summed E-state index contributed by atoms with van der Waals surface area (Å²) in [5.41, 5.74) is 0. The number of rotatable bonds is 8. The third-order valence-corrected chi connectivity index (χ3v) is 2.58. The molecule has 0 saturated carbocycles. The van der Waals surface area contributed by atoms with Gasteiger partial charge in [-0.25, -0.2) is 0 Å². The summed E-state index contributed by atoms with van der Waals surface area (Å²) in [5, 5.41) is 15.2. The molecule has 6 nitrogen and oxygen atoms in total. The summed E-state index contributed by atoms with van der Waals surface area (Å²) in [4.78, 5) is 12.1. The predicted molar refractivity (Wildman–Crippen MR) is 73.0 cm³/mol. The minimum absolute atomic E-state index is 0.173. The summed E-state index contributed by atoms with van der Waals surface area (Å²) < 4.78 is 0. The Balaban J connectivity index is 2.41. The number of nitrogens with zero attached hydrogens (tertiary/aromatic N) is 3. The van der Waals surface area contributed by atoms with Gasteiger partial charge in [-0.1, -0.05) is 6.92 Å². The molecule has 0 aliphatic carbocycles. The molecule has 7 heteroatoms. The Morgan fingerprint density at radius 3 is 2.50 bits per heavy atom. The number of aliphatic hydroxyl groups excluding tert-OH is 1. The average molecular weight is 274 g/mol. The van der Waals surface area contributed by atoms with Gasteiger partial charge >= 0.3 is 0 Å². The van der Waals surface area contributed by atoms with Gasteiger partial charge in [-0.2, -0.15) is 15.0 Å². The second-order valence-electron chi connectivity index (χ2n) is 4.14. The first-order chi connectivity index (χ1) is 8.65. The van der Waals surface area contributed by atoms with E-state index < -0.39 is 0 Å². The van der Waals surface area contributed by atoms with Gasteiger partial charge in [0.2, 0.25) is 17.2 Å². The molecule has 1 aromatic heterocycles. The quantitative estimate of drug-likeness (QED) is 0.626. The number of hydrogen-bond acceptors (Lipinski definition) is 6. The monoisotopic (exact) mass is 273 g/mol. The fourth-order valence-corrected chi connectivity index (χ4v) is 1.57. The van der Waals surface area contributed by atoms with Crippen molar-refractivity contribution in [2.75, 3.05) is 30.3 Å². The van der Waals surface area contributed by atoms with Crippen LogP contribution >= 0.6 is 11.6 Å². The van der Waals surface area contributed by atoms with Crippen LogP contribution in [0.1, 0.15) is 26.7 Å². The van der Waals surface area contributed by atoms with Gasteiger partial charge < -0.3 is 15.7 Å². The van der Waals surface area contributed by atoms with Crippen molar-refractivity contribution in [1.82, 2.24) is 15.0 Å². The number of aliphatic hydroxyl groups is 1. The molecule has 0 bridgehead atoms. The van der Waals surface area contributed by atoms with Crippen LogP contribution in [0.2, 0.25) is 5.28 Å². The van der Waals surface area contributed by atoms with Gasteiger partial charge in [0, 0.05) is 19.7 Å². The Bertz CT molecular complexity index is 363. The topological polar surface area (TPSA) is 83.0 Å². The van der Waals surface area contributed by atoms with Crippen LogP contribution < -0.4 is 10.6 Å². The lowest BCUT2D eigenvalue weighted by atomic mass is 10.1. The van der Waals surface area contributed by atoms with E-state index in [2.05, 4.69) is 25.6 Å². The highest BCUT2D eigenvalue weighted by atomic mass is 35.5. The van der Waals surface area contributed by atoms with Crippen LogP contribution in [0.25, 0.3) is 0 Å². The third kappa shape index (κ3) is 5.46. The van der Waals surface area contributed by atoms with Gasteiger partial charge in [-0.15, -0.1) is 0 Å². The van der Waals surface area contributed by atoms with Crippen LogP contribution in [0.15, 0.2) is 0 Å². The van der Waals surface area contributed by atoms with Crippen molar-refractivity contribution < 1.29 is 5.11 Å². The van der Waals surface area contributed by atoms with Crippen molar-refractivity contribution in [1.29, 1.82) is 0 Å². The molecule has 3 N–H and O–H groups in total. The molecule has 0 aliphatic rings. The van der Waals surface area contributed by atoms with Gasteiger partial charge in [-0.3, -0.25) is 0 Å². The minimum atomic E-state index is 0.173. The molecule has 102 valence electrons. The molecule has 0 aromatic carbocycles. The van der Waals surface area contributed by atoms with Gasteiger partial charge in [0.25, 0.3) is 0 Å². The fourth-order valence-electron chi connectivity index (χ4n) is 1.41. The predicted octanol–water partition coefficient (Wildman–Crippen LogP) is 1.78. The SMILES string of the molecule is CCNc1nc(Cl)nc(NCCCC(C)CO)n1. The van der Waals surface area contributed by atoms with Gasteiger partial charge in [0.15, 0.2) is 0 Å². The molecule has 1 atom stereocenters. The largest absolute Gasteiger partial charge is 0.396 e. The number of halogens is 1. The Kier molecular flexibility index (Phi) is 6.67.